The number of nitrogens with zero attached hydrogens (tertiary/aromatic N) is 2. The maximum atomic E-state index is 10.8. The molecule has 9 nitrogen and oxygen atoms in total. The van der Waals surface area contributed by atoms with Crippen molar-refractivity contribution in [2.45, 2.75) is 4.90 Å². The Balaban J connectivity index is 0.000000181. The van der Waals surface area contributed by atoms with Gasteiger partial charge in [0.25, 0.3) is 5.69 Å². The van der Waals surface area contributed by atoms with Gasteiger partial charge in [0.1, 0.15) is 22.4 Å². The van der Waals surface area contributed by atoms with Crippen molar-refractivity contribution in [3.63, 3.8) is 0 Å². The molecular weight excluding hydrogens is 350 g/mol. The van der Waals surface area contributed by atoms with Crippen molar-refractivity contribution >= 4 is 21.5 Å². The second-order valence-corrected chi connectivity index (χ2v) is 6.16. The topological polar surface area (TPSA) is 143 Å². The van der Waals surface area contributed by atoms with E-state index in [1.807, 2.05) is 0 Å². The van der Waals surface area contributed by atoms with E-state index in [1.165, 1.54) is 0 Å². The van der Waals surface area contributed by atoms with E-state index in [9.17, 15) is 18.5 Å². The third-order valence-electron chi connectivity index (χ3n) is 3.10. The first-order chi connectivity index (χ1) is 11.8. The molecule has 0 atom stereocenters. The Morgan fingerprint density at radius 2 is 1.92 bits per heavy atom. The molecule has 2 aromatic carbocycles. The highest BCUT2D eigenvalue weighted by atomic mass is 32.2. The summed E-state index contributed by atoms with van der Waals surface area (Å²) in [5.74, 6) is 0.763. The number of rotatable bonds is 3. The lowest BCUT2D eigenvalue weighted by atomic mass is 10.1. The molecule has 0 aliphatic carbocycles. The molecule has 1 aliphatic rings. The standard InChI is InChI=1S/C9H8N2O.C6H3NO5S/c1-12-8-4-2-7(3-5-8)9(11)6-10;8-7(9)4-1-2-6-5(3-4)12-13(6,10)11/h2-5,11H,1H3;1-3H. The summed E-state index contributed by atoms with van der Waals surface area (Å²) in [6.07, 6.45) is 0. The number of benzene rings is 2. The smallest absolute Gasteiger partial charge is 0.343 e. The van der Waals surface area contributed by atoms with Crippen molar-refractivity contribution in [3.05, 3.63) is 58.1 Å². The number of nitro benzene ring substituents is 1. The van der Waals surface area contributed by atoms with Gasteiger partial charge in [0.05, 0.1) is 18.1 Å². The number of ether oxygens (including phenoxy) is 1. The van der Waals surface area contributed by atoms with Crippen molar-refractivity contribution in [1.82, 2.24) is 0 Å². The van der Waals surface area contributed by atoms with E-state index < -0.39 is 15.0 Å². The normalized spacial score (nSPS) is 12.8. The molecule has 0 radical (unpaired) electrons. The first-order valence-corrected chi connectivity index (χ1v) is 8.05. The number of fused-ring (bicyclic) bond motifs is 1. The molecule has 0 saturated heterocycles. The second-order valence-electron chi connectivity index (χ2n) is 4.64. The van der Waals surface area contributed by atoms with E-state index in [0.29, 0.717) is 5.56 Å². The lowest BCUT2D eigenvalue weighted by Crippen LogP contribution is -2.20. The van der Waals surface area contributed by atoms with Crippen molar-refractivity contribution in [3.8, 4) is 17.6 Å². The molecular formula is C15H11N3O6S. The van der Waals surface area contributed by atoms with E-state index in [4.69, 9.17) is 15.4 Å². The summed E-state index contributed by atoms with van der Waals surface area (Å²) in [6.45, 7) is 0. The third kappa shape index (κ3) is 3.91. The zero-order chi connectivity index (χ0) is 18.6. The summed E-state index contributed by atoms with van der Waals surface area (Å²) in [7, 11) is -2.03. The van der Waals surface area contributed by atoms with Crippen LogP contribution in [0.1, 0.15) is 5.56 Å². The Labute approximate surface area is 142 Å². The van der Waals surface area contributed by atoms with Gasteiger partial charge in [0.15, 0.2) is 5.75 Å². The molecule has 128 valence electrons. The lowest BCUT2D eigenvalue weighted by Gasteiger charge is -2.17. The van der Waals surface area contributed by atoms with Crippen LogP contribution in [0.5, 0.6) is 11.5 Å². The Bertz CT molecular complexity index is 977. The quantitative estimate of drug-likeness (QED) is 0.382. The van der Waals surface area contributed by atoms with Gasteiger partial charge in [0, 0.05) is 11.6 Å². The number of nitro groups is 1. The van der Waals surface area contributed by atoms with Crippen molar-refractivity contribution in [2.75, 3.05) is 7.11 Å². The first kappa shape index (κ1) is 17.9. The first-order valence-electron chi connectivity index (χ1n) is 6.64. The Morgan fingerprint density at radius 3 is 2.36 bits per heavy atom. The lowest BCUT2D eigenvalue weighted by molar-refractivity contribution is -0.385. The summed E-state index contributed by atoms with van der Waals surface area (Å²) < 4.78 is 30.9. The predicted molar refractivity (Wildman–Crippen MR) is 86.3 cm³/mol. The van der Waals surface area contributed by atoms with Gasteiger partial charge in [-0.05, 0) is 30.3 Å². The minimum absolute atomic E-state index is 0.00176. The maximum absolute atomic E-state index is 10.8. The SMILES string of the molecule is COc1ccc(C(=N)C#N)cc1.O=[N+]([O-])c1ccc2c(c1)OS2(=O)=O. The van der Waals surface area contributed by atoms with Crippen molar-refractivity contribution in [1.29, 1.82) is 10.7 Å². The average molecular weight is 361 g/mol. The fraction of sp³-hybridized carbons (Fsp3) is 0.0667. The van der Waals surface area contributed by atoms with Gasteiger partial charge < -0.3 is 8.92 Å². The van der Waals surface area contributed by atoms with E-state index in [1.54, 1.807) is 37.4 Å². The van der Waals surface area contributed by atoms with E-state index in [2.05, 4.69) is 4.18 Å². The second kappa shape index (κ2) is 6.98. The highest BCUT2D eigenvalue weighted by molar-refractivity contribution is 7.88. The molecule has 10 heteroatoms. The monoisotopic (exact) mass is 361 g/mol. The zero-order valence-electron chi connectivity index (χ0n) is 12.8. The molecule has 0 fully saturated rings. The van der Waals surface area contributed by atoms with Crippen molar-refractivity contribution in [2.24, 2.45) is 0 Å². The van der Waals surface area contributed by atoms with Crippen LogP contribution in [-0.2, 0) is 10.1 Å². The summed E-state index contributed by atoms with van der Waals surface area (Å²) in [6, 6.07) is 11.9. The van der Waals surface area contributed by atoms with Gasteiger partial charge >= 0.3 is 10.1 Å². The van der Waals surface area contributed by atoms with Crippen LogP contribution in [0.15, 0.2) is 47.4 Å². The largest absolute Gasteiger partial charge is 0.497 e. The molecule has 0 amide bonds. The summed E-state index contributed by atoms with van der Waals surface area (Å²) in [5.41, 5.74) is 0.393. The minimum Gasteiger partial charge on any atom is -0.497 e. The minimum atomic E-state index is -3.61. The summed E-state index contributed by atoms with van der Waals surface area (Å²) in [5, 5.41) is 25.9. The third-order valence-corrected chi connectivity index (χ3v) is 4.37. The van der Waals surface area contributed by atoms with Gasteiger partial charge in [-0.2, -0.15) is 13.7 Å². The molecule has 0 unspecified atom stereocenters. The zero-order valence-corrected chi connectivity index (χ0v) is 13.6. The fourth-order valence-corrected chi connectivity index (χ4v) is 2.76. The Morgan fingerprint density at radius 1 is 1.28 bits per heavy atom. The molecule has 0 spiro atoms. The molecule has 1 heterocycles. The number of methoxy groups -OCH3 is 1. The maximum Gasteiger partial charge on any atom is 0.343 e. The number of hydrogen-bond acceptors (Lipinski definition) is 8. The highest BCUT2D eigenvalue weighted by Gasteiger charge is 2.34. The average Bonchev–Trinajstić information content (AvgIpc) is 2.60. The molecule has 2 aromatic rings. The predicted octanol–water partition coefficient (Wildman–Crippen LogP) is 2.26. The highest BCUT2D eigenvalue weighted by Crippen LogP contribution is 2.38. The fourth-order valence-electron chi connectivity index (χ4n) is 1.83. The molecule has 0 bridgehead atoms. The Kier molecular flexibility index (Phi) is 5.00. The van der Waals surface area contributed by atoms with Crippen LogP contribution in [-0.4, -0.2) is 26.2 Å². The van der Waals surface area contributed by atoms with Crippen LogP contribution in [0, 0.1) is 26.9 Å². The molecule has 0 aromatic heterocycles. The molecule has 1 aliphatic heterocycles. The van der Waals surface area contributed by atoms with Gasteiger partial charge in [-0.25, -0.2) is 0 Å². The summed E-state index contributed by atoms with van der Waals surface area (Å²) >= 11 is 0. The van der Waals surface area contributed by atoms with Crippen LogP contribution in [0.2, 0.25) is 0 Å². The molecule has 0 saturated carbocycles. The molecule has 1 N–H and O–H groups in total. The molecule has 3 rings (SSSR count). The van der Waals surface area contributed by atoms with E-state index in [0.717, 1.165) is 23.9 Å². The van der Waals surface area contributed by atoms with Gasteiger partial charge in [-0.15, -0.1) is 0 Å². The number of hydrogen-bond donors (Lipinski definition) is 1. The van der Waals surface area contributed by atoms with E-state index in [-0.39, 0.29) is 22.0 Å². The Hall–Kier alpha value is -3.45. The van der Waals surface area contributed by atoms with Crippen LogP contribution in [0.25, 0.3) is 0 Å². The summed E-state index contributed by atoms with van der Waals surface area (Å²) in [4.78, 5) is 9.63. The van der Waals surface area contributed by atoms with E-state index >= 15 is 0 Å². The van der Waals surface area contributed by atoms with Crippen LogP contribution >= 0.6 is 0 Å². The van der Waals surface area contributed by atoms with Crippen LogP contribution < -0.4 is 8.92 Å². The number of nitriles is 1. The van der Waals surface area contributed by atoms with Crippen molar-refractivity contribution < 1.29 is 22.3 Å². The van der Waals surface area contributed by atoms with Crippen LogP contribution in [0.3, 0.4) is 0 Å². The van der Waals surface area contributed by atoms with Gasteiger partial charge in [0.2, 0.25) is 0 Å². The number of non-ortho nitro benzene ring substituents is 1. The van der Waals surface area contributed by atoms with Gasteiger partial charge in [-0.3, -0.25) is 15.5 Å². The number of nitrogens with one attached hydrogen (secondary N) is 1. The van der Waals surface area contributed by atoms with Gasteiger partial charge in [-0.1, -0.05) is 0 Å². The molecule has 25 heavy (non-hydrogen) atoms. The van der Waals surface area contributed by atoms with Crippen LogP contribution in [0.4, 0.5) is 5.69 Å².